The molecule has 1 saturated heterocycles. The van der Waals surface area contributed by atoms with Crippen LogP contribution in [-0.2, 0) is 16.6 Å². The maximum atomic E-state index is 12.4. The Bertz CT molecular complexity index is 871. The summed E-state index contributed by atoms with van der Waals surface area (Å²) in [7, 11) is 1.77. The molecule has 1 aromatic carbocycles. The number of rotatable bonds is 4. The van der Waals surface area contributed by atoms with Gasteiger partial charge in [-0.2, -0.15) is 0 Å². The number of piperidine rings is 1. The molecule has 1 aromatic heterocycles. The summed E-state index contributed by atoms with van der Waals surface area (Å²) in [4.78, 5) is 38.2. The van der Waals surface area contributed by atoms with Crippen LogP contribution in [0.5, 0.6) is 0 Å². The Kier molecular flexibility index (Phi) is 6.01. The Morgan fingerprint density at radius 3 is 2.52 bits per heavy atom. The van der Waals surface area contributed by atoms with Crippen molar-refractivity contribution in [1.29, 1.82) is 0 Å². The summed E-state index contributed by atoms with van der Waals surface area (Å²) < 4.78 is 1.73. The van der Waals surface area contributed by atoms with Crippen molar-refractivity contribution in [2.24, 2.45) is 7.05 Å². The van der Waals surface area contributed by atoms with Crippen molar-refractivity contribution in [3.63, 3.8) is 0 Å². The first-order chi connectivity index (χ1) is 13.0. The van der Waals surface area contributed by atoms with Gasteiger partial charge in [-0.1, -0.05) is 11.6 Å². The lowest BCUT2D eigenvalue weighted by Crippen LogP contribution is -2.43. The van der Waals surface area contributed by atoms with Gasteiger partial charge in [-0.15, -0.1) is 0 Å². The van der Waals surface area contributed by atoms with Crippen LogP contribution in [0.4, 0.5) is 0 Å². The van der Waals surface area contributed by atoms with Crippen molar-refractivity contribution < 1.29 is 14.4 Å². The van der Waals surface area contributed by atoms with Crippen molar-refractivity contribution in [2.75, 3.05) is 13.1 Å². The first kappa shape index (κ1) is 19.2. The smallest absolute Gasteiger partial charge is 0.286 e. The van der Waals surface area contributed by atoms with Crippen LogP contribution < -0.4 is 10.9 Å². The molecule has 0 saturated carbocycles. The lowest BCUT2D eigenvalue weighted by Gasteiger charge is -2.26. The lowest BCUT2D eigenvalue weighted by atomic mass is 10.1. The van der Waals surface area contributed by atoms with E-state index in [0.29, 0.717) is 10.7 Å². The first-order valence-electron chi connectivity index (χ1n) is 9.07. The number of benzene rings is 1. The second kappa shape index (κ2) is 8.43. The SMILES string of the molecule is Cn1c(C(=O)NNC(=O)CCC(=O)N2CCCCC2)cc2cc(Cl)ccc21. The highest BCUT2D eigenvalue weighted by atomic mass is 35.5. The van der Waals surface area contributed by atoms with Crippen LogP contribution >= 0.6 is 11.6 Å². The van der Waals surface area contributed by atoms with E-state index in [-0.39, 0.29) is 18.7 Å². The minimum Gasteiger partial charge on any atom is -0.343 e. The third-order valence-corrected chi connectivity index (χ3v) is 5.06. The summed E-state index contributed by atoms with van der Waals surface area (Å²) >= 11 is 5.98. The number of aromatic nitrogens is 1. The quantitative estimate of drug-likeness (QED) is 0.786. The second-order valence-corrected chi connectivity index (χ2v) is 7.17. The Labute approximate surface area is 162 Å². The molecule has 3 rings (SSSR count). The second-order valence-electron chi connectivity index (χ2n) is 6.74. The molecule has 27 heavy (non-hydrogen) atoms. The number of carbonyl (C=O) groups excluding carboxylic acids is 3. The molecule has 7 nitrogen and oxygen atoms in total. The molecule has 144 valence electrons. The van der Waals surface area contributed by atoms with E-state index in [1.807, 2.05) is 6.07 Å². The Morgan fingerprint density at radius 1 is 1.04 bits per heavy atom. The van der Waals surface area contributed by atoms with Crippen LogP contribution in [-0.4, -0.2) is 40.3 Å². The topological polar surface area (TPSA) is 83.4 Å². The molecule has 0 unspecified atom stereocenters. The number of fused-ring (bicyclic) bond motifs is 1. The monoisotopic (exact) mass is 390 g/mol. The summed E-state index contributed by atoms with van der Waals surface area (Å²) in [5.41, 5.74) is 6.04. The minimum absolute atomic E-state index is 0.0123. The average molecular weight is 391 g/mol. The Balaban J connectivity index is 1.50. The molecular weight excluding hydrogens is 368 g/mol. The van der Waals surface area contributed by atoms with Gasteiger partial charge in [-0.05, 0) is 43.5 Å². The molecule has 2 N–H and O–H groups in total. The fraction of sp³-hybridized carbons (Fsp3) is 0.421. The number of nitrogens with zero attached hydrogens (tertiary/aromatic N) is 2. The van der Waals surface area contributed by atoms with Crippen LogP contribution in [0, 0.1) is 0 Å². The predicted molar refractivity (Wildman–Crippen MR) is 103 cm³/mol. The number of hydrazine groups is 1. The van der Waals surface area contributed by atoms with E-state index in [1.54, 1.807) is 34.7 Å². The maximum Gasteiger partial charge on any atom is 0.286 e. The van der Waals surface area contributed by atoms with E-state index in [9.17, 15) is 14.4 Å². The molecule has 1 aliphatic rings. The molecule has 0 atom stereocenters. The molecule has 0 radical (unpaired) electrons. The standard InChI is InChI=1S/C19H23ClN4O3/c1-23-15-6-5-14(20)11-13(15)12-16(23)19(27)22-21-17(25)7-8-18(26)24-9-3-2-4-10-24/h5-6,11-12H,2-4,7-10H2,1H3,(H,21,25)(H,22,27). The van der Waals surface area contributed by atoms with Gasteiger partial charge in [0.05, 0.1) is 0 Å². The molecule has 1 fully saturated rings. The van der Waals surface area contributed by atoms with Gasteiger partial charge in [0.25, 0.3) is 5.91 Å². The molecule has 3 amide bonds. The van der Waals surface area contributed by atoms with E-state index in [1.165, 1.54) is 0 Å². The highest BCUT2D eigenvalue weighted by Gasteiger charge is 2.18. The van der Waals surface area contributed by atoms with Crippen LogP contribution in [0.2, 0.25) is 5.02 Å². The zero-order valence-electron chi connectivity index (χ0n) is 15.3. The largest absolute Gasteiger partial charge is 0.343 e. The van der Waals surface area contributed by atoms with Crippen molar-refractivity contribution in [1.82, 2.24) is 20.3 Å². The summed E-state index contributed by atoms with van der Waals surface area (Å²) in [5.74, 6) is -0.835. The lowest BCUT2D eigenvalue weighted by molar-refractivity contribution is -0.134. The first-order valence-corrected chi connectivity index (χ1v) is 9.45. The van der Waals surface area contributed by atoms with Crippen molar-refractivity contribution in [2.45, 2.75) is 32.1 Å². The third-order valence-electron chi connectivity index (χ3n) is 4.83. The molecule has 8 heteroatoms. The zero-order chi connectivity index (χ0) is 19.4. The third kappa shape index (κ3) is 4.60. The van der Waals surface area contributed by atoms with E-state index in [0.717, 1.165) is 43.3 Å². The number of amides is 3. The van der Waals surface area contributed by atoms with Gasteiger partial charge in [0.15, 0.2) is 0 Å². The Morgan fingerprint density at radius 2 is 1.78 bits per heavy atom. The van der Waals surface area contributed by atoms with E-state index >= 15 is 0 Å². The highest BCUT2D eigenvalue weighted by molar-refractivity contribution is 6.31. The van der Waals surface area contributed by atoms with Crippen molar-refractivity contribution >= 4 is 40.2 Å². The number of nitrogens with one attached hydrogen (secondary N) is 2. The van der Waals surface area contributed by atoms with E-state index < -0.39 is 11.8 Å². The molecule has 2 aromatic rings. The van der Waals surface area contributed by atoms with Gasteiger partial charge in [0, 0.05) is 48.9 Å². The summed E-state index contributed by atoms with van der Waals surface area (Å²) in [6, 6.07) is 7.08. The highest BCUT2D eigenvalue weighted by Crippen LogP contribution is 2.22. The van der Waals surface area contributed by atoms with Crippen molar-refractivity contribution in [3.05, 3.63) is 35.0 Å². The van der Waals surface area contributed by atoms with Crippen molar-refractivity contribution in [3.8, 4) is 0 Å². The molecular formula is C19H23ClN4O3. The van der Waals surface area contributed by atoms with Gasteiger partial charge >= 0.3 is 0 Å². The normalized spacial score (nSPS) is 14.2. The number of carbonyl (C=O) groups is 3. The van der Waals surface area contributed by atoms with Crippen LogP contribution in [0.25, 0.3) is 10.9 Å². The van der Waals surface area contributed by atoms with Gasteiger partial charge in [-0.3, -0.25) is 25.2 Å². The van der Waals surface area contributed by atoms with Gasteiger partial charge in [0.2, 0.25) is 11.8 Å². The fourth-order valence-electron chi connectivity index (χ4n) is 3.31. The molecule has 0 spiro atoms. The number of likely N-dealkylation sites (tertiary alicyclic amines) is 1. The number of halogens is 1. The van der Waals surface area contributed by atoms with Gasteiger partial charge < -0.3 is 9.47 Å². The Hall–Kier alpha value is -2.54. The number of aryl methyl sites for hydroxylation is 1. The number of hydrogen-bond donors (Lipinski definition) is 2. The van der Waals surface area contributed by atoms with E-state index in [2.05, 4.69) is 10.9 Å². The summed E-state index contributed by atoms with van der Waals surface area (Å²) in [6.07, 6.45) is 3.37. The molecule has 0 aliphatic carbocycles. The predicted octanol–water partition coefficient (Wildman–Crippen LogP) is 2.39. The van der Waals surface area contributed by atoms with E-state index in [4.69, 9.17) is 11.6 Å². The maximum absolute atomic E-state index is 12.4. The molecule has 0 bridgehead atoms. The van der Waals surface area contributed by atoms with Crippen LogP contribution in [0.3, 0.4) is 0 Å². The van der Waals surface area contributed by atoms with Gasteiger partial charge in [-0.25, -0.2) is 0 Å². The average Bonchev–Trinajstić information content (AvgIpc) is 3.00. The number of hydrogen-bond acceptors (Lipinski definition) is 3. The fourth-order valence-corrected chi connectivity index (χ4v) is 3.49. The van der Waals surface area contributed by atoms with Gasteiger partial charge in [0.1, 0.15) is 5.69 Å². The van der Waals surface area contributed by atoms with Crippen LogP contribution in [0.1, 0.15) is 42.6 Å². The summed E-state index contributed by atoms with van der Waals surface area (Å²) in [6.45, 7) is 1.53. The minimum atomic E-state index is -0.430. The zero-order valence-corrected chi connectivity index (χ0v) is 16.0. The molecule has 2 heterocycles. The molecule has 1 aliphatic heterocycles. The van der Waals surface area contributed by atoms with Crippen LogP contribution in [0.15, 0.2) is 24.3 Å². The summed E-state index contributed by atoms with van der Waals surface area (Å²) in [5, 5.41) is 1.43.